The maximum atomic E-state index is 13.6. The van der Waals surface area contributed by atoms with Gasteiger partial charge < -0.3 is 4.74 Å². The summed E-state index contributed by atoms with van der Waals surface area (Å²) >= 11 is 7.72. The van der Waals surface area contributed by atoms with E-state index in [0.717, 1.165) is 34.4 Å². The summed E-state index contributed by atoms with van der Waals surface area (Å²) in [6, 6.07) is 8.02. The second kappa shape index (κ2) is 10.8. The molecule has 4 rings (SSSR count). The Morgan fingerprint density at radius 3 is 2.70 bits per heavy atom. The summed E-state index contributed by atoms with van der Waals surface area (Å²) in [4.78, 5) is 32.9. The van der Waals surface area contributed by atoms with Gasteiger partial charge in [-0.2, -0.15) is 0 Å². The number of hydrogen-bond acceptors (Lipinski definition) is 7. The maximum Gasteiger partial charge on any atom is 0.270 e. The quantitative estimate of drug-likeness (QED) is 0.347. The van der Waals surface area contributed by atoms with E-state index in [9.17, 15) is 14.9 Å². The molecule has 1 aliphatic heterocycles. The number of ether oxygens (including phenoxy) is 1. The number of fused-ring (bicyclic) bond motifs is 1. The molecule has 33 heavy (non-hydrogen) atoms. The third-order valence-corrected chi connectivity index (χ3v) is 6.78. The normalized spacial score (nSPS) is 14.2. The Bertz CT molecular complexity index is 1180. The van der Waals surface area contributed by atoms with Gasteiger partial charge in [-0.15, -0.1) is 12.4 Å². The first kappa shape index (κ1) is 25.3. The molecule has 1 aliphatic rings. The zero-order valence-electron chi connectivity index (χ0n) is 18.2. The maximum absolute atomic E-state index is 13.6. The van der Waals surface area contributed by atoms with E-state index in [1.165, 1.54) is 29.5 Å². The predicted molar refractivity (Wildman–Crippen MR) is 133 cm³/mol. The monoisotopic (exact) mass is 510 g/mol. The minimum absolute atomic E-state index is 0. The largest absolute Gasteiger partial charge is 0.379 e. The van der Waals surface area contributed by atoms with Crippen LogP contribution in [0.5, 0.6) is 0 Å². The lowest BCUT2D eigenvalue weighted by Crippen LogP contribution is -2.43. The van der Waals surface area contributed by atoms with E-state index in [1.54, 1.807) is 4.90 Å². The molecule has 1 aromatic heterocycles. The van der Waals surface area contributed by atoms with Gasteiger partial charge in [0.15, 0.2) is 5.13 Å². The van der Waals surface area contributed by atoms with Crippen molar-refractivity contribution in [3.63, 3.8) is 0 Å². The van der Waals surface area contributed by atoms with E-state index in [4.69, 9.17) is 21.3 Å². The number of carbonyl (C=O) groups excluding carboxylic acids is 1. The number of thiazole rings is 1. The fourth-order valence-corrected chi connectivity index (χ4v) is 5.13. The molecular weight excluding hydrogens is 487 g/mol. The van der Waals surface area contributed by atoms with Crippen LogP contribution in [0.1, 0.15) is 21.5 Å². The van der Waals surface area contributed by atoms with Crippen LogP contribution in [0.4, 0.5) is 10.8 Å². The lowest BCUT2D eigenvalue weighted by atomic mass is 10.1. The smallest absolute Gasteiger partial charge is 0.270 e. The first-order valence-electron chi connectivity index (χ1n) is 10.3. The molecule has 1 amide bonds. The third-order valence-electron chi connectivity index (χ3n) is 5.43. The van der Waals surface area contributed by atoms with E-state index in [-0.39, 0.29) is 28.7 Å². The molecular formula is C22H24Cl2N4O4S. The zero-order chi connectivity index (χ0) is 22.8. The molecule has 0 N–H and O–H groups in total. The standard InChI is InChI=1S/C22H23ClN4O4S.ClH/c1-14-11-15(2)20-19(12-14)32-22(24-20)26(6-5-25-7-9-31-10-8-25)21(28)17-13-16(27(29)30)3-4-18(17)23;/h3-4,11-13H,5-10H2,1-2H3;1H. The number of non-ortho nitro benzene ring substituents is 1. The molecule has 11 heteroatoms. The van der Waals surface area contributed by atoms with Crippen molar-refractivity contribution in [2.75, 3.05) is 44.3 Å². The molecule has 0 bridgehead atoms. The van der Waals surface area contributed by atoms with Crippen molar-refractivity contribution in [3.8, 4) is 0 Å². The van der Waals surface area contributed by atoms with Crippen LogP contribution in [0.15, 0.2) is 30.3 Å². The number of aryl methyl sites for hydroxylation is 2. The predicted octanol–water partition coefficient (Wildman–Crippen LogP) is 4.88. The Morgan fingerprint density at radius 2 is 2.00 bits per heavy atom. The van der Waals surface area contributed by atoms with Crippen molar-refractivity contribution >= 4 is 62.3 Å². The van der Waals surface area contributed by atoms with E-state index in [1.807, 2.05) is 13.8 Å². The molecule has 1 fully saturated rings. The number of aromatic nitrogens is 1. The number of rotatable bonds is 6. The lowest BCUT2D eigenvalue weighted by molar-refractivity contribution is -0.384. The SMILES string of the molecule is Cc1cc(C)c2nc(N(CCN3CCOCC3)C(=O)c3cc([N+](=O)[O-])ccc3Cl)sc2c1.Cl. The van der Waals surface area contributed by atoms with Gasteiger partial charge in [0.2, 0.25) is 0 Å². The molecule has 0 spiro atoms. The van der Waals surface area contributed by atoms with Crippen LogP contribution >= 0.6 is 35.3 Å². The highest BCUT2D eigenvalue weighted by molar-refractivity contribution is 7.22. The summed E-state index contributed by atoms with van der Waals surface area (Å²) < 4.78 is 6.40. The lowest BCUT2D eigenvalue weighted by Gasteiger charge is -2.29. The number of nitro benzene ring substituents is 1. The molecule has 176 valence electrons. The van der Waals surface area contributed by atoms with Gasteiger partial charge in [0.1, 0.15) is 0 Å². The molecule has 0 radical (unpaired) electrons. The molecule has 2 aromatic carbocycles. The number of nitro groups is 1. The molecule has 0 atom stereocenters. The number of carbonyl (C=O) groups is 1. The number of morpholine rings is 1. The Balaban J connectivity index is 0.00000306. The average Bonchev–Trinajstić information content (AvgIpc) is 3.18. The molecule has 2 heterocycles. The van der Waals surface area contributed by atoms with Gasteiger partial charge in [0.05, 0.1) is 38.9 Å². The second-order valence-corrected chi connectivity index (χ2v) is 9.17. The van der Waals surface area contributed by atoms with Gasteiger partial charge in [-0.3, -0.25) is 24.7 Å². The van der Waals surface area contributed by atoms with Gasteiger partial charge in [-0.25, -0.2) is 4.98 Å². The third kappa shape index (κ3) is 5.62. The highest BCUT2D eigenvalue weighted by atomic mass is 35.5. The first-order valence-corrected chi connectivity index (χ1v) is 11.5. The number of anilines is 1. The van der Waals surface area contributed by atoms with Crippen molar-refractivity contribution in [2.24, 2.45) is 0 Å². The van der Waals surface area contributed by atoms with Gasteiger partial charge in [-0.1, -0.05) is 29.0 Å². The molecule has 1 saturated heterocycles. The van der Waals surface area contributed by atoms with Crippen molar-refractivity contribution in [2.45, 2.75) is 13.8 Å². The van der Waals surface area contributed by atoms with Crippen LogP contribution in [-0.4, -0.2) is 60.1 Å². The minimum atomic E-state index is -0.533. The second-order valence-electron chi connectivity index (χ2n) is 7.76. The van der Waals surface area contributed by atoms with Crippen LogP contribution in [0, 0.1) is 24.0 Å². The van der Waals surface area contributed by atoms with E-state index >= 15 is 0 Å². The number of halogens is 2. The number of nitrogens with zero attached hydrogens (tertiary/aromatic N) is 4. The Kier molecular flexibility index (Phi) is 8.25. The van der Waals surface area contributed by atoms with E-state index < -0.39 is 10.8 Å². The average molecular weight is 511 g/mol. The van der Waals surface area contributed by atoms with Gasteiger partial charge in [0, 0.05) is 38.3 Å². The summed E-state index contributed by atoms with van der Waals surface area (Å²) in [5.41, 5.74) is 2.93. The van der Waals surface area contributed by atoms with Gasteiger partial charge >= 0.3 is 0 Å². The van der Waals surface area contributed by atoms with Crippen molar-refractivity contribution in [1.82, 2.24) is 9.88 Å². The van der Waals surface area contributed by atoms with Crippen LogP contribution < -0.4 is 4.90 Å². The van der Waals surface area contributed by atoms with E-state index in [0.29, 0.717) is 31.4 Å². The molecule has 8 nitrogen and oxygen atoms in total. The number of amides is 1. The van der Waals surface area contributed by atoms with E-state index in [2.05, 4.69) is 17.0 Å². The summed E-state index contributed by atoms with van der Waals surface area (Å²) in [5, 5.41) is 12.0. The minimum Gasteiger partial charge on any atom is -0.379 e. The van der Waals surface area contributed by atoms with Crippen molar-refractivity contribution < 1.29 is 14.5 Å². The molecule has 0 unspecified atom stereocenters. The van der Waals surface area contributed by atoms with Crippen LogP contribution in [0.3, 0.4) is 0 Å². The van der Waals surface area contributed by atoms with Crippen LogP contribution in [-0.2, 0) is 4.74 Å². The van der Waals surface area contributed by atoms with Gasteiger partial charge in [0.25, 0.3) is 11.6 Å². The number of benzene rings is 2. The Hall–Kier alpha value is -2.30. The van der Waals surface area contributed by atoms with Crippen LogP contribution in [0.2, 0.25) is 5.02 Å². The molecule has 0 saturated carbocycles. The Morgan fingerprint density at radius 1 is 1.27 bits per heavy atom. The topological polar surface area (TPSA) is 88.8 Å². The van der Waals surface area contributed by atoms with Crippen LogP contribution in [0.25, 0.3) is 10.2 Å². The summed E-state index contributed by atoms with van der Waals surface area (Å²) in [5.74, 6) is -0.402. The Labute approximate surface area is 206 Å². The van der Waals surface area contributed by atoms with Crippen molar-refractivity contribution in [3.05, 3.63) is 62.2 Å². The first-order chi connectivity index (χ1) is 15.3. The summed E-state index contributed by atoms with van der Waals surface area (Å²) in [6.45, 7) is 7.93. The molecule has 3 aromatic rings. The summed E-state index contributed by atoms with van der Waals surface area (Å²) in [7, 11) is 0. The highest BCUT2D eigenvalue weighted by Gasteiger charge is 2.26. The fraction of sp³-hybridized carbons (Fsp3) is 0.364. The fourth-order valence-electron chi connectivity index (χ4n) is 3.76. The number of hydrogen-bond donors (Lipinski definition) is 0. The zero-order valence-corrected chi connectivity index (χ0v) is 20.6. The summed E-state index contributed by atoms with van der Waals surface area (Å²) in [6.07, 6.45) is 0. The van der Waals surface area contributed by atoms with Gasteiger partial charge in [-0.05, 0) is 37.1 Å². The molecule has 0 aliphatic carbocycles. The highest BCUT2D eigenvalue weighted by Crippen LogP contribution is 2.33. The van der Waals surface area contributed by atoms with Crippen molar-refractivity contribution in [1.29, 1.82) is 0 Å².